The highest BCUT2D eigenvalue weighted by Crippen LogP contribution is 2.18. The molecule has 0 radical (unpaired) electrons. The topological polar surface area (TPSA) is 209 Å². The van der Waals surface area contributed by atoms with Crippen LogP contribution in [0.5, 0.6) is 0 Å². The fourth-order valence-electron chi connectivity index (χ4n) is 2.62. The number of rotatable bonds is 7. The summed E-state index contributed by atoms with van der Waals surface area (Å²) < 4.78 is 63.2. The molecule has 32 heavy (non-hydrogen) atoms. The highest BCUT2D eigenvalue weighted by Gasteiger charge is 2.20. The average Bonchev–Trinajstić information content (AvgIpc) is 3.04. The van der Waals surface area contributed by atoms with Gasteiger partial charge < -0.3 is 5.11 Å². The van der Waals surface area contributed by atoms with E-state index in [9.17, 15) is 31.5 Å². The second kappa shape index (κ2) is 8.46. The maximum Gasteiger partial charge on any atom is 0.354 e. The highest BCUT2D eigenvalue weighted by atomic mass is 32.2. The molecule has 168 valence electrons. The molecule has 15 heteroatoms. The smallest absolute Gasteiger partial charge is 0.354 e. The first-order valence-electron chi connectivity index (χ1n) is 8.48. The summed E-state index contributed by atoms with van der Waals surface area (Å²) in [6.45, 7) is -0.437. The summed E-state index contributed by atoms with van der Waals surface area (Å²) in [4.78, 5) is 23.4. The molecule has 0 saturated heterocycles. The summed E-state index contributed by atoms with van der Waals surface area (Å²) in [5.74, 6) is -1.45. The van der Waals surface area contributed by atoms with Crippen molar-refractivity contribution in [1.29, 1.82) is 0 Å². The molecule has 1 heterocycles. The number of aromatic nitrogens is 2. The van der Waals surface area contributed by atoms with Gasteiger partial charge in [0.25, 0.3) is 25.8 Å². The number of nitrogens with one attached hydrogen (secondary N) is 1. The minimum Gasteiger partial charge on any atom is -0.477 e. The second-order valence-corrected chi connectivity index (χ2v) is 9.09. The Kier molecular flexibility index (Phi) is 6.09. The number of carboxylic acid groups (broad SMARTS) is 1. The Morgan fingerprint density at radius 1 is 0.906 bits per heavy atom. The Bertz CT molecular complexity index is 1470. The number of aromatic amines is 1. The number of hydrogen-bond donors (Lipinski definition) is 4. The number of benzene rings is 2. The number of hydrogen-bond acceptors (Lipinski definition) is 8. The van der Waals surface area contributed by atoms with Gasteiger partial charge >= 0.3 is 5.97 Å². The van der Waals surface area contributed by atoms with Crippen LogP contribution in [0, 0.1) is 0 Å². The van der Waals surface area contributed by atoms with Crippen molar-refractivity contribution in [3.63, 3.8) is 0 Å². The van der Waals surface area contributed by atoms with Crippen LogP contribution in [-0.4, -0.2) is 46.8 Å². The van der Waals surface area contributed by atoms with Crippen molar-refractivity contribution in [1.82, 2.24) is 9.78 Å². The van der Waals surface area contributed by atoms with Gasteiger partial charge in [-0.3, -0.25) is 19.0 Å². The van der Waals surface area contributed by atoms with Crippen LogP contribution in [0.4, 0.5) is 5.69 Å². The first kappa shape index (κ1) is 23.0. The number of carbonyl (C=O) groups is 1. The largest absolute Gasteiger partial charge is 0.477 e. The van der Waals surface area contributed by atoms with Gasteiger partial charge in [-0.15, -0.1) is 0 Å². The van der Waals surface area contributed by atoms with E-state index in [-0.39, 0.29) is 21.8 Å². The van der Waals surface area contributed by atoms with Crippen molar-refractivity contribution in [3.8, 4) is 5.69 Å². The van der Waals surface area contributed by atoms with Gasteiger partial charge in [0.2, 0.25) is 0 Å². The molecule has 13 nitrogen and oxygen atoms in total. The molecule has 3 rings (SSSR count). The number of H-pyrrole nitrogens is 1. The zero-order valence-corrected chi connectivity index (χ0v) is 17.4. The second-order valence-electron chi connectivity index (χ2n) is 6.25. The van der Waals surface area contributed by atoms with Crippen molar-refractivity contribution < 1.29 is 35.8 Å². The fraction of sp³-hybridized carbons (Fsp3) is 0.0588. The predicted octanol–water partition coefficient (Wildman–Crippen LogP) is 1.64. The Morgan fingerprint density at radius 3 is 1.88 bits per heavy atom. The van der Waals surface area contributed by atoms with Crippen molar-refractivity contribution in [2.75, 3.05) is 0 Å². The zero-order chi connectivity index (χ0) is 23.7. The molecule has 0 atom stereocenters. The molecule has 1 aromatic heterocycles. The number of carboxylic acids is 1. The Labute approximate surface area is 180 Å². The first-order chi connectivity index (χ1) is 14.9. The Morgan fingerprint density at radius 2 is 1.41 bits per heavy atom. The van der Waals surface area contributed by atoms with Gasteiger partial charge in [-0.2, -0.15) is 27.1 Å². The number of aromatic carboxylic acids is 1. The normalized spacial score (nSPS) is 12.3. The van der Waals surface area contributed by atoms with Crippen LogP contribution >= 0.6 is 0 Å². The van der Waals surface area contributed by atoms with Crippen molar-refractivity contribution >= 4 is 31.9 Å². The molecule has 0 aliphatic rings. The molecule has 0 aliphatic heterocycles. The lowest BCUT2D eigenvalue weighted by Crippen LogP contribution is -2.17. The van der Waals surface area contributed by atoms with E-state index >= 15 is 0 Å². The molecular formula is C17H14N4O9S2. The lowest BCUT2D eigenvalue weighted by atomic mass is 10.2. The SMILES string of the molecule is O=C(O)c1[nH]n(-c2ccc(S(=O)(=O)O)cc2)c(=O)c1CN=Nc1ccc(S(=O)(=O)O)cc1. The number of azo groups is 1. The summed E-state index contributed by atoms with van der Waals surface area (Å²) >= 11 is 0. The minimum absolute atomic E-state index is 0.105. The van der Waals surface area contributed by atoms with Crippen LogP contribution in [0.2, 0.25) is 0 Å². The van der Waals surface area contributed by atoms with Gasteiger partial charge in [0, 0.05) is 0 Å². The van der Waals surface area contributed by atoms with Gasteiger partial charge in [-0.25, -0.2) is 9.48 Å². The average molecular weight is 482 g/mol. The van der Waals surface area contributed by atoms with Crippen molar-refractivity contribution in [2.24, 2.45) is 10.2 Å². The van der Waals surface area contributed by atoms with E-state index in [4.69, 9.17) is 9.11 Å². The molecule has 0 saturated carbocycles. The molecule has 3 aromatic rings. The van der Waals surface area contributed by atoms with Gasteiger partial charge in [-0.05, 0) is 48.5 Å². The molecule has 0 bridgehead atoms. The standard InChI is InChI=1S/C17H14N4O9S2/c22-16-14(9-18-19-10-1-5-12(6-2-10)31(25,26)27)15(17(23)24)20-21(16)11-3-7-13(8-4-11)32(28,29)30/h1-8,20H,9H2,(H,23,24)(H,25,26,27)(H,28,29,30). The van der Waals surface area contributed by atoms with Gasteiger partial charge in [-0.1, -0.05) is 0 Å². The number of nitrogens with zero attached hydrogens (tertiary/aromatic N) is 3. The van der Waals surface area contributed by atoms with Crippen LogP contribution < -0.4 is 5.56 Å². The van der Waals surface area contributed by atoms with E-state index in [0.29, 0.717) is 0 Å². The van der Waals surface area contributed by atoms with E-state index in [0.717, 1.165) is 28.9 Å². The monoisotopic (exact) mass is 482 g/mol. The minimum atomic E-state index is -4.44. The van der Waals surface area contributed by atoms with Crippen LogP contribution in [0.3, 0.4) is 0 Å². The quantitative estimate of drug-likeness (QED) is 0.284. The predicted molar refractivity (Wildman–Crippen MR) is 108 cm³/mol. The molecule has 0 fully saturated rings. The third kappa shape index (κ3) is 4.97. The molecule has 0 spiro atoms. The molecule has 2 aromatic carbocycles. The molecule has 0 aliphatic carbocycles. The maximum absolute atomic E-state index is 12.7. The molecule has 4 N–H and O–H groups in total. The highest BCUT2D eigenvalue weighted by molar-refractivity contribution is 7.86. The summed E-state index contributed by atoms with van der Waals surface area (Å²) in [7, 11) is -8.82. The maximum atomic E-state index is 12.7. The van der Waals surface area contributed by atoms with Gasteiger partial charge in [0.05, 0.1) is 33.3 Å². The molecular weight excluding hydrogens is 468 g/mol. The zero-order valence-electron chi connectivity index (χ0n) is 15.8. The van der Waals surface area contributed by atoms with E-state index in [1.165, 1.54) is 24.3 Å². The van der Waals surface area contributed by atoms with Crippen LogP contribution in [0.1, 0.15) is 16.1 Å². The summed E-state index contributed by atoms with van der Waals surface area (Å²) in [6, 6.07) is 9.12. The van der Waals surface area contributed by atoms with E-state index in [1.54, 1.807) is 0 Å². The third-order valence-corrected chi connectivity index (χ3v) is 5.88. The van der Waals surface area contributed by atoms with E-state index in [2.05, 4.69) is 15.3 Å². The Hall–Kier alpha value is -3.66. The van der Waals surface area contributed by atoms with Crippen LogP contribution in [-0.2, 0) is 26.8 Å². The fourth-order valence-corrected chi connectivity index (χ4v) is 3.58. The molecule has 0 amide bonds. The Balaban J connectivity index is 1.90. The summed E-state index contributed by atoms with van der Waals surface area (Å²) in [5.41, 5.74) is -1.19. The van der Waals surface area contributed by atoms with Gasteiger partial charge in [0.1, 0.15) is 0 Å². The van der Waals surface area contributed by atoms with Crippen LogP contribution in [0.25, 0.3) is 5.69 Å². The summed E-state index contributed by atoms with van der Waals surface area (Å²) in [6.07, 6.45) is 0. The summed E-state index contributed by atoms with van der Waals surface area (Å²) in [5, 5.41) is 19.3. The third-order valence-electron chi connectivity index (χ3n) is 4.14. The van der Waals surface area contributed by atoms with Gasteiger partial charge in [0.15, 0.2) is 5.69 Å². The first-order valence-corrected chi connectivity index (χ1v) is 11.4. The van der Waals surface area contributed by atoms with Crippen molar-refractivity contribution in [3.05, 3.63) is 70.1 Å². The van der Waals surface area contributed by atoms with E-state index < -0.39 is 48.9 Å². The van der Waals surface area contributed by atoms with Crippen LogP contribution in [0.15, 0.2) is 73.3 Å². The lowest BCUT2D eigenvalue weighted by molar-refractivity contribution is 0.0688. The molecule has 0 unspecified atom stereocenters. The van der Waals surface area contributed by atoms with Crippen molar-refractivity contribution in [2.45, 2.75) is 16.3 Å². The lowest BCUT2D eigenvalue weighted by Gasteiger charge is -2.02. The van der Waals surface area contributed by atoms with E-state index in [1.807, 2.05) is 0 Å².